The third kappa shape index (κ3) is 3.69. The van der Waals surface area contributed by atoms with Gasteiger partial charge >= 0.3 is 5.97 Å². The number of carbonyl (C=O) groups is 3. The smallest absolute Gasteiger partial charge is 0.337 e. The van der Waals surface area contributed by atoms with E-state index in [-0.39, 0.29) is 11.8 Å². The second-order valence-electron chi connectivity index (χ2n) is 6.81. The molecule has 3 rings (SSSR count). The summed E-state index contributed by atoms with van der Waals surface area (Å²) in [6.07, 6.45) is 0.985. The Morgan fingerprint density at radius 2 is 1.63 bits per heavy atom. The Morgan fingerprint density at radius 1 is 0.963 bits per heavy atom. The highest BCUT2D eigenvalue weighted by Crippen LogP contribution is 2.47. The monoisotopic (exact) mass is 366 g/mol. The Hall–Kier alpha value is -3.15. The number of methoxy groups -OCH3 is 1. The van der Waals surface area contributed by atoms with Gasteiger partial charge in [-0.3, -0.25) is 9.59 Å². The highest BCUT2D eigenvalue weighted by Gasteiger charge is 2.56. The van der Waals surface area contributed by atoms with E-state index < -0.39 is 11.4 Å². The Balaban J connectivity index is 1.73. The molecule has 1 saturated carbocycles. The highest BCUT2D eigenvalue weighted by molar-refractivity contribution is 6.17. The number of anilines is 2. The predicted molar refractivity (Wildman–Crippen MR) is 103 cm³/mol. The van der Waals surface area contributed by atoms with Gasteiger partial charge in [0.05, 0.1) is 12.7 Å². The number of rotatable bonds is 5. The van der Waals surface area contributed by atoms with Crippen LogP contribution in [0.5, 0.6) is 0 Å². The van der Waals surface area contributed by atoms with Crippen LogP contribution < -0.4 is 10.6 Å². The van der Waals surface area contributed by atoms with Gasteiger partial charge < -0.3 is 15.4 Å². The van der Waals surface area contributed by atoms with Gasteiger partial charge in [0.1, 0.15) is 5.41 Å². The Morgan fingerprint density at radius 3 is 2.30 bits per heavy atom. The molecule has 2 N–H and O–H groups in total. The van der Waals surface area contributed by atoms with E-state index in [2.05, 4.69) is 15.4 Å². The summed E-state index contributed by atoms with van der Waals surface area (Å²) in [5.41, 5.74) is 2.48. The molecule has 0 radical (unpaired) electrons. The van der Waals surface area contributed by atoms with Gasteiger partial charge in [0.15, 0.2) is 0 Å². The largest absolute Gasteiger partial charge is 0.465 e. The average molecular weight is 366 g/mol. The molecule has 140 valence electrons. The van der Waals surface area contributed by atoms with Gasteiger partial charge in [-0.05, 0) is 62.1 Å². The van der Waals surface area contributed by atoms with Crippen molar-refractivity contribution < 1.29 is 19.1 Å². The van der Waals surface area contributed by atoms with E-state index in [1.165, 1.54) is 13.2 Å². The van der Waals surface area contributed by atoms with Crippen molar-refractivity contribution in [2.75, 3.05) is 17.7 Å². The molecule has 2 aromatic carbocycles. The summed E-state index contributed by atoms with van der Waals surface area (Å²) >= 11 is 0. The van der Waals surface area contributed by atoms with Crippen molar-refractivity contribution in [3.8, 4) is 0 Å². The van der Waals surface area contributed by atoms with E-state index in [1.54, 1.807) is 18.2 Å². The third-order valence-corrected chi connectivity index (χ3v) is 5.01. The van der Waals surface area contributed by atoms with Gasteiger partial charge in [-0.15, -0.1) is 0 Å². The van der Waals surface area contributed by atoms with Crippen LogP contribution in [-0.4, -0.2) is 24.9 Å². The molecule has 2 aromatic rings. The SMILES string of the molecule is COC(=O)c1cccc(NC(=O)C2(C(=O)Nc3cccc(C)c3C)CC2)c1. The van der Waals surface area contributed by atoms with Gasteiger partial charge in [0.2, 0.25) is 11.8 Å². The first-order chi connectivity index (χ1) is 12.9. The Labute approximate surface area is 157 Å². The summed E-state index contributed by atoms with van der Waals surface area (Å²) in [5.74, 6) is -1.16. The maximum Gasteiger partial charge on any atom is 0.337 e. The molecule has 1 aliphatic carbocycles. The zero-order valence-corrected chi connectivity index (χ0v) is 15.6. The van der Waals surface area contributed by atoms with E-state index in [4.69, 9.17) is 0 Å². The summed E-state index contributed by atoms with van der Waals surface area (Å²) in [7, 11) is 1.30. The number of nitrogens with one attached hydrogen (secondary N) is 2. The van der Waals surface area contributed by atoms with Gasteiger partial charge in [0, 0.05) is 11.4 Å². The Bertz CT molecular complexity index is 916. The van der Waals surface area contributed by atoms with Crippen LogP contribution in [0.2, 0.25) is 0 Å². The molecule has 27 heavy (non-hydrogen) atoms. The lowest BCUT2D eigenvalue weighted by Gasteiger charge is -2.17. The average Bonchev–Trinajstić information content (AvgIpc) is 3.47. The maximum atomic E-state index is 12.8. The zero-order valence-electron chi connectivity index (χ0n) is 15.6. The van der Waals surface area contributed by atoms with Crippen LogP contribution in [-0.2, 0) is 14.3 Å². The van der Waals surface area contributed by atoms with Crippen molar-refractivity contribution in [1.29, 1.82) is 0 Å². The van der Waals surface area contributed by atoms with Crippen LogP contribution >= 0.6 is 0 Å². The van der Waals surface area contributed by atoms with E-state index >= 15 is 0 Å². The van der Waals surface area contributed by atoms with Crippen LogP contribution in [0.1, 0.15) is 34.3 Å². The first-order valence-electron chi connectivity index (χ1n) is 8.75. The topological polar surface area (TPSA) is 84.5 Å². The van der Waals surface area contributed by atoms with Crippen molar-refractivity contribution in [1.82, 2.24) is 0 Å². The van der Waals surface area contributed by atoms with Gasteiger partial charge in [0.25, 0.3) is 0 Å². The maximum absolute atomic E-state index is 12.8. The normalized spacial score (nSPS) is 14.2. The summed E-state index contributed by atoms with van der Waals surface area (Å²) < 4.78 is 4.69. The Kier molecular flexibility index (Phi) is 4.99. The van der Waals surface area contributed by atoms with Crippen LogP contribution in [0.15, 0.2) is 42.5 Å². The molecule has 1 fully saturated rings. The minimum Gasteiger partial charge on any atom is -0.465 e. The second kappa shape index (κ2) is 7.23. The number of aryl methyl sites for hydroxylation is 1. The molecule has 0 saturated heterocycles. The number of carbonyl (C=O) groups excluding carboxylic acids is 3. The molecule has 0 heterocycles. The molecule has 0 bridgehead atoms. The van der Waals surface area contributed by atoms with Crippen molar-refractivity contribution >= 4 is 29.2 Å². The van der Waals surface area contributed by atoms with Gasteiger partial charge in [-0.1, -0.05) is 18.2 Å². The first kappa shape index (κ1) is 18.6. The molecule has 0 aromatic heterocycles. The molecule has 6 nitrogen and oxygen atoms in total. The molecular weight excluding hydrogens is 344 g/mol. The lowest BCUT2D eigenvalue weighted by Crippen LogP contribution is -2.35. The number of amides is 2. The number of esters is 1. The fourth-order valence-corrected chi connectivity index (χ4v) is 2.90. The van der Waals surface area contributed by atoms with Gasteiger partial charge in [-0.25, -0.2) is 4.79 Å². The standard InChI is InChI=1S/C21H22N2O4/c1-13-6-4-9-17(14(13)2)23-20(26)21(10-11-21)19(25)22-16-8-5-7-15(12-16)18(24)27-3/h4-9,12H,10-11H2,1-3H3,(H,22,25)(H,23,26). The predicted octanol–water partition coefficient (Wildman–Crippen LogP) is 3.45. The minimum absolute atomic E-state index is 0.308. The molecule has 0 unspecified atom stereocenters. The second-order valence-corrected chi connectivity index (χ2v) is 6.81. The van der Waals surface area contributed by atoms with Crippen molar-refractivity contribution in [2.45, 2.75) is 26.7 Å². The van der Waals surface area contributed by atoms with Crippen LogP contribution in [0.25, 0.3) is 0 Å². The quantitative estimate of drug-likeness (QED) is 0.627. The fraction of sp³-hybridized carbons (Fsp3) is 0.286. The van der Waals surface area contributed by atoms with Crippen LogP contribution in [0.4, 0.5) is 11.4 Å². The summed E-state index contributed by atoms with van der Waals surface area (Å²) in [4.78, 5) is 37.1. The van der Waals surface area contributed by atoms with Crippen molar-refractivity contribution in [2.24, 2.45) is 5.41 Å². The third-order valence-electron chi connectivity index (χ3n) is 5.01. The number of benzene rings is 2. The molecule has 0 spiro atoms. The molecule has 1 aliphatic rings. The van der Waals surface area contributed by atoms with E-state index in [0.29, 0.717) is 29.8 Å². The fourth-order valence-electron chi connectivity index (χ4n) is 2.90. The molecule has 0 aliphatic heterocycles. The van der Waals surface area contributed by atoms with E-state index in [1.807, 2.05) is 32.0 Å². The molecule has 6 heteroatoms. The van der Waals surface area contributed by atoms with Gasteiger partial charge in [-0.2, -0.15) is 0 Å². The highest BCUT2D eigenvalue weighted by atomic mass is 16.5. The van der Waals surface area contributed by atoms with E-state index in [0.717, 1.165) is 11.1 Å². The summed E-state index contributed by atoms with van der Waals surface area (Å²) in [6.45, 7) is 3.90. The number of hydrogen-bond donors (Lipinski definition) is 2. The van der Waals surface area contributed by atoms with Crippen molar-refractivity contribution in [3.05, 3.63) is 59.2 Å². The lowest BCUT2D eigenvalue weighted by molar-refractivity contribution is -0.131. The molecular formula is C21H22N2O4. The first-order valence-corrected chi connectivity index (χ1v) is 8.75. The summed E-state index contributed by atoms with van der Waals surface area (Å²) in [5, 5.41) is 5.63. The minimum atomic E-state index is -1.07. The molecule has 2 amide bonds. The van der Waals surface area contributed by atoms with Crippen LogP contribution in [0.3, 0.4) is 0 Å². The summed E-state index contributed by atoms with van der Waals surface area (Å²) in [6, 6.07) is 12.1. The zero-order chi connectivity index (χ0) is 19.6. The molecule has 0 atom stereocenters. The number of ether oxygens (including phenoxy) is 1. The van der Waals surface area contributed by atoms with Crippen molar-refractivity contribution in [3.63, 3.8) is 0 Å². The number of hydrogen-bond acceptors (Lipinski definition) is 4. The lowest BCUT2D eigenvalue weighted by atomic mass is 10.0. The van der Waals surface area contributed by atoms with E-state index in [9.17, 15) is 14.4 Å². The van der Waals surface area contributed by atoms with Crippen LogP contribution in [0, 0.1) is 19.3 Å².